The van der Waals surface area contributed by atoms with Crippen LogP contribution in [0.5, 0.6) is 0 Å². The molecule has 4 nitrogen and oxygen atoms in total. The fourth-order valence-electron chi connectivity index (χ4n) is 0.904. The summed E-state index contributed by atoms with van der Waals surface area (Å²) < 4.78 is 0. The third kappa shape index (κ3) is 1.99. The number of H-pyrrole nitrogens is 1. The maximum Gasteiger partial charge on any atom is 0.309 e. The first kappa shape index (κ1) is 9.09. The molecule has 12 heavy (non-hydrogen) atoms. The summed E-state index contributed by atoms with van der Waals surface area (Å²) in [5, 5.41) is 17.4. The van der Waals surface area contributed by atoms with Crippen molar-refractivity contribution in [2.75, 3.05) is 0 Å². The van der Waals surface area contributed by atoms with Gasteiger partial charge in [0, 0.05) is 11.3 Å². The quantitative estimate of drug-likeness (QED) is 0.658. The molecule has 0 aliphatic heterocycles. The van der Waals surface area contributed by atoms with Gasteiger partial charge in [-0.2, -0.15) is 0 Å². The molecule has 0 amide bonds. The minimum absolute atomic E-state index is 0.111. The van der Waals surface area contributed by atoms with Gasteiger partial charge in [0.05, 0.1) is 13.0 Å². The number of aliphatic carboxylic acids is 1. The second kappa shape index (κ2) is 3.60. The monoisotopic (exact) mass is 189 g/mol. The fourth-order valence-corrected chi connectivity index (χ4v) is 1.14. The summed E-state index contributed by atoms with van der Waals surface area (Å²) in [5.74, 6) is -0.933. The molecule has 0 bridgehead atoms. The number of carboxylic acids is 1. The summed E-state index contributed by atoms with van der Waals surface area (Å²) in [7, 11) is 0. The lowest BCUT2D eigenvalue weighted by Gasteiger charge is -1.87. The molecule has 1 heterocycles. The predicted molar refractivity (Wildman–Crippen MR) is 43.1 cm³/mol. The van der Waals surface area contributed by atoms with Crippen LogP contribution in [-0.2, 0) is 17.8 Å². The van der Waals surface area contributed by atoms with Gasteiger partial charge in [-0.15, -0.1) is 0 Å². The Morgan fingerprint density at radius 2 is 2.33 bits per heavy atom. The number of aliphatic hydroxyl groups excluding tert-OH is 1. The van der Waals surface area contributed by atoms with Gasteiger partial charge in [0.15, 0.2) is 0 Å². The molecule has 0 fully saturated rings. The zero-order valence-corrected chi connectivity index (χ0v) is 6.93. The standard InChI is InChI=1S/C7H8ClNO3/c8-7-4(3-10)1-5(9-7)2-6(11)12/h1,9-10H,2-3H2,(H,11,12). The second-order valence-electron chi connectivity index (χ2n) is 2.36. The van der Waals surface area contributed by atoms with Crippen LogP contribution < -0.4 is 0 Å². The second-order valence-corrected chi connectivity index (χ2v) is 2.74. The molecule has 3 N–H and O–H groups in total. The highest BCUT2D eigenvalue weighted by atomic mass is 35.5. The van der Waals surface area contributed by atoms with Crippen molar-refractivity contribution >= 4 is 17.6 Å². The van der Waals surface area contributed by atoms with Gasteiger partial charge in [-0.05, 0) is 6.07 Å². The van der Waals surface area contributed by atoms with Gasteiger partial charge in [0.1, 0.15) is 5.15 Å². The first-order valence-electron chi connectivity index (χ1n) is 3.32. The van der Waals surface area contributed by atoms with Crippen LogP contribution in [-0.4, -0.2) is 21.2 Å². The molecule has 0 aromatic carbocycles. The van der Waals surface area contributed by atoms with E-state index in [1.807, 2.05) is 0 Å². The Hall–Kier alpha value is -1.00. The Morgan fingerprint density at radius 1 is 1.67 bits per heavy atom. The summed E-state index contributed by atoms with van der Waals surface area (Å²) in [6.45, 7) is -0.186. The van der Waals surface area contributed by atoms with E-state index in [4.69, 9.17) is 21.8 Å². The lowest BCUT2D eigenvalue weighted by Crippen LogP contribution is -1.99. The Balaban J connectivity index is 2.82. The molecule has 1 rings (SSSR count). The van der Waals surface area contributed by atoms with E-state index in [0.717, 1.165) is 0 Å². The highest BCUT2D eigenvalue weighted by molar-refractivity contribution is 6.30. The summed E-state index contributed by atoms with van der Waals surface area (Å²) in [5.41, 5.74) is 1.02. The first-order chi connectivity index (χ1) is 5.63. The molecule has 0 saturated carbocycles. The minimum Gasteiger partial charge on any atom is -0.481 e. The molecule has 0 aliphatic rings. The number of halogens is 1. The third-order valence-corrected chi connectivity index (χ3v) is 1.75. The van der Waals surface area contributed by atoms with E-state index in [1.165, 1.54) is 6.07 Å². The van der Waals surface area contributed by atoms with Crippen LogP contribution in [0.15, 0.2) is 6.07 Å². The van der Waals surface area contributed by atoms with E-state index >= 15 is 0 Å². The van der Waals surface area contributed by atoms with Gasteiger partial charge in [0.25, 0.3) is 0 Å². The molecule has 0 radical (unpaired) electrons. The number of aromatic amines is 1. The number of aliphatic hydroxyl groups is 1. The van der Waals surface area contributed by atoms with Crippen LogP contribution >= 0.6 is 11.6 Å². The van der Waals surface area contributed by atoms with Gasteiger partial charge in [-0.25, -0.2) is 0 Å². The number of carbonyl (C=O) groups is 1. The Bertz CT molecular complexity index is 295. The van der Waals surface area contributed by atoms with Crippen molar-refractivity contribution in [3.63, 3.8) is 0 Å². The smallest absolute Gasteiger partial charge is 0.309 e. The van der Waals surface area contributed by atoms with Crippen molar-refractivity contribution in [2.45, 2.75) is 13.0 Å². The number of hydrogen-bond donors (Lipinski definition) is 3. The molecule has 1 aromatic rings. The molecule has 66 valence electrons. The summed E-state index contributed by atoms with van der Waals surface area (Å²) >= 11 is 5.62. The van der Waals surface area contributed by atoms with Crippen molar-refractivity contribution in [3.05, 3.63) is 22.5 Å². The maximum absolute atomic E-state index is 10.3. The molecular weight excluding hydrogens is 182 g/mol. The van der Waals surface area contributed by atoms with Crippen LogP contribution in [0.1, 0.15) is 11.3 Å². The molecular formula is C7H8ClNO3. The van der Waals surface area contributed by atoms with E-state index in [1.54, 1.807) is 0 Å². The van der Waals surface area contributed by atoms with Gasteiger partial charge in [-0.3, -0.25) is 4.79 Å². The average molecular weight is 190 g/mol. The van der Waals surface area contributed by atoms with Crippen LogP contribution in [0, 0.1) is 0 Å². The van der Waals surface area contributed by atoms with Crippen molar-refractivity contribution in [3.8, 4) is 0 Å². The van der Waals surface area contributed by atoms with Crippen molar-refractivity contribution < 1.29 is 15.0 Å². The normalized spacial score (nSPS) is 10.2. The van der Waals surface area contributed by atoms with Crippen LogP contribution in [0.25, 0.3) is 0 Å². The summed E-state index contributed by atoms with van der Waals surface area (Å²) in [6.07, 6.45) is -0.111. The molecule has 0 aliphatic carbocycles. The van der Waals surface area contributed by atoms with Gasteiger partial charge >= 0.3 is 5.97 Å². The van der Waals surface area contributed by atoms with Crippen molar-refractivity contribution in [1.82, 2.24) is 4.98 Å². The number of aromatic nitrogens is 1. The van der Waals surface area contributed by atoms with E-state index in [-0.39, 0.29) is 13.0 Å². The van der Waals surface area contributed by atoms with Crippen LogP contribution in [0.4, 0.5) is 0 Å². The zero-order valence-electron chi connectivity index (χ0n) is 6.17. The number of rotatable bonds is 3. The van der Waals surface area contributed by atoms with Crippen LogP contribution in [0.3, 0.4) is 0 Å². The SMILES string of the molecule is O=C(O)Cc1cc(CO)c(Cl)[nH]1. The van der Waals surface area contributed by atoms with Crippen molar-refractivity contribution in [2.24, 2.45) is 0 Å². The van der Waals surface area contributed by atoms with Gasteiger partial charge < -0.3 is 15.2 Å². The lowest BCUT2D eigenvalue weighted by molar-refractivity contribution is -0.136. The Labute approximate surface area is 73.8 Å². The summed E-state index contributed by atoms with van der Waals surface area (Å²) in [4.78, 5) is 12.9. The van der Waals surface area contributed by atoms with E-state index < -0.39 is 5.97 Å². The van der Waals surface area contributed by atoms with Gasteiger partial charge in [-0.1, -0.05) is 11.6 Å². The largest absolute Gasteiger partial charge is 0.481 e. The van der Waals surface area contributed by atoms with Crippen LogP contribution in [0.2, 0.25) is 5.15 Å². The van der Waals surface area contributed by atoms with E-state index in [2.05, 4.69) is 4.98 Å². The lowest BCUT2D eigenvalue weighted by atomic mass is 10.3. The maximum atomic E-state index is 10.3. The fraction of sp³-hybridized carbons (Fsp3) is 0.286. The van der Waals surface area contributed by atoms with E-state index in [0.29, 0.717) is 16.4 Å². The molecule has 0 unspecified atom stereocenters. The molecule has 0 saturated heterocycles. The third-order valence-electron chi connectivity index (χ3n) is 1.41. The molecule has 0 spiro atoms. The molecule has 0 atom stereocenters. The zero-order chi connectivity index (χ0) is 9.14. The summed E-state index contributed by atoms with van der Waals surface area (Å²) in [6, 6.07) is 1.54. The predicted octanol–water partition coefficient (Wildman–Crippen LogP) is 0.788. The Morgan fingerprint density at radius 3 is 2.75 bits per heavy atom. The number of nitrogens with one attached hydrogen (secondary N) is 1. The molecule has 1 aromatic heterocycles. The Kier molecular flexibility index (Phi) is 2.73. The topological polar surface area (TPSA) is 73.3 Å². The number of carboxylic acid groups (broad SMARTS) is 1. The first-order valence-corrected chi connectivity index (χ1v) is 3.70. The highest BCUT2D eigenvalue weighted by Crippen LogP contribution is 2.16. The van der Waals surface area contributed by atoms with E-state index in [9.17, 15) is 4.79 Å². The highest BCUT2D eigenvalue weighted by Gasteiger charge is 2.07. The average Bonchev–Trinajstić information content (AvgIpc) is 2.29. The van der Waals surface area contributed by atoms with Crippen molar-refractivity contribution in [1.29, 1.82) is 0 Å². The van der Waals surface area contributed by atoms with Gasteiger partial charge in [0.2, 0.25) is 0 Å². The minimum atomic E-state index is -0.933. The molecule has 5 heteroatoms. The number of hydrogen-bond acceptors (Lipinski definition) is 2.